The molecule has 0 saturated carbocycles. The van der Waals surface area contributed by atoms with Gasteiger partial charge in [0.2, 0.25) is 17.5 Å². The summed E-state index contributed by atoms with van der Waals surface area (Å²) in [6, 6.07) is 9.87. The normalized spacial score (nSPS) is 10.2. The number of nitrogens with zero attached hydrogens (tertiary/aromatic N) is 2. The van der Waals surface area contributed by atoms with Crippen molar-refractivity contribution < 1.29 is 9.15 Å². The number of rotatable bonds is 6. The number of hydrogen-bond donors (Lipinski definition) is 1. The van der Waals surface area contributed by atoms with Gasteiger partial charge in [-0.1, -0.05) is 17.7 Å². The number of ether oxygens (including phenoxy) is 1. The van der Waals surface area contributed by atoms with Gasteiger partial charge in [0.15, 0.2) is 0 Å². The molecule has 1 heterocycles. The zero-order valence-electron chi connectivity index (χ0n) is 11.6. The van der Waals surface area contributed by atoms with Crippen molar-refractivity contribution in [2.45, 2.75) is 13.3 Å². The van der Waals surface area contributed by atoms with Crippen LogP contribution in [-0.2, 0) is 4.74 Å². The minimum absolute atomic E-state index is 0.277. The van der Waals surface area contributed by atoms with Gasteiger partial charge in [0.25, 0.3) is 0 Å². The third kappa shape index (κ3) is 3.37. The van der Waals surface area contributed by atoms with E-state index in [1.807, 2.05) is 37.3 Å². The molecule has 0 aliphatic rings. The summed E-state index contributed by atoms with van der Waals surface area (Å²) in [7, 11) is 1.66. The highest BCUT2D eigenvalue weighted by Gasteiger charge is 2.13. The second-order valence-corrected chi connectivity index (χ2v) is 4.45. The van der Waals surface area contributed by atoms with Crippen LogP contribution in [-0.4, -0.2) is 25.2 Å². The molecule has 0 spiro atoms. The fraction of sp³-hybridized carbons (Fsp3) is 0.333. The van der Waals surface area contributed by atoms with Crippen molar-refractivity contribution in [2.24, 2.45) is 0 Å². The van der Waals surface area contributed by atoms with E-state index in [0.717, 1.165) is 17.5 Å². The van der Waals surface area contributed by atoms with Crippen molar-refractivity contribution in [1.29, 1.82) is 5.26 Å². The van der Waals surface area contributed by atoms with Gasteiger partial charge in [0.1, 0.15) is 6.07 Å². The van der Waals surface area contributed by atoms with Crippen LogP contribution in [0.15, 0.2) is 28.7 Å². The Kier molecular flexibility index (Phi) is 4.75. The predicted octanol–water partition coefficient (Wildman–Crippen LogP) is 2.97. The molecule has 5 heteroatoms. The number of hydrogen-bond acceptors (Lipinski definition) is 5. The first-order chi connectivity index (χ1) is 9.74. The van der Waals surface area contributed by atoms with E-state index >= 15 is 0 Å². The first kappa shape index (κ1) is 14.1. The van der Waals surface area contributed by atoms with Crippen LogP contribution >= 0.6 is 0 Å². The summed E-state index contributed by atoms with van der Waals surface area (Å²) in [5.41, 5.74) is 2.26. The van der Waals surface area contributed by atoms with Crippen molar-refractivity contribution in [2.75, 3.05) is 25.6 Å². The van der Waals surface area contributed by atoms with Crippen molar-refractivity contribution in [3.63, 3.8) is 0 Å². The Morgan fingerprint density at radius 1 is 1.45 bits per heavy atom. The molecule has 104 valence electrons. The lowest BCUT2D eigenvalue weighted by molar-refractivity contribution is 0.197. The van der Waals surface area contributed by atoms with Gasteiger partial charge in [-0.25, -0.2) is 0 Å². The minimum Gasteiger partial charge on any atom is -0.419 e. The Bertz CT molecular complexity index is 614. The molecule has 0 saturated heterocycles. The van der Waals surface area contributed by atoms with Gasteiger partial charge < -0.3 is 14.5 Å². The third-order valence-corrected chi connectivity index (χ3v) is 2.81. The Labute approximate surface area is 118 Å². The van der Waals surface area contributed by atoms with E-state index in [9.17, 15) is 0 Å². The van der Waals surface area contributed by atoms with Gasteiger partial charge in [-0.3, -0.25) is 0 Å². The lowest BCUT2D eigenvalue weighted by Crippen LogP contribution is -2.04. The smallest absolute Gasteiger partial charge is 0.232 e. The standard InChI is InChI=1S/C15H17N3O2/c1-11-5-3-6-12(9-11)14-18-13(10-16)15(20-14)17-7-4-8-19-2/h3,5-6,9,17H,4,7-8H2,1-2H3. The molecule has 2 rings (SSSR count). The van der Waals surface area contributed by atoms with Crippen LogP contribution in [0.5, 0.6) is 0 Å². The third-order valence-electron chi connectivity index (χ3n) is 2.81. The van der Waals surface area contributed by atoms with E-state index in [-0.39, 0.29) is 5.69 Å². The molecule has 20 heavy (non-hydrogen) atoms. The summed E-state index contributed by atoms with van der Waals surface area (Å²) >= 11 is 0. The van der Waals surface area contributed by atoms with Gasteiger partial charge in [-0.15, -0.1) is 0 Å². The molecule has 0 amide bonds. The number of anilines is 1. The number of oxazole rings is 1. The molecule has 1 aromatic heterocycles. The largest absolute Gasteiger partial charge is 0.419 e. The molecule has 5 nitrogen and oxygen atoms in total. The molecule has 1 N–H and O–H groups in total. The summed E-state index contributed by atoms with van der Waals surface area (Å²) < 4.78 is 10.6. The molecule has 2 aromatic rings. The first-order valence-corrected chi connectivity index (χ1v) is 6.45. The Morgan fingerprint density at radius 2 is 2.30 bits per heavy atom. The maximum absolute atomic E-state index is 9.10. The van der Waals surface area contributed by atoms with Crippen LogP contribution in [0.1, 0.15) is 17.7 Å². The highest BCUT2D eigenvalue weighted by atomic mass is 16.5. The predicted molar refractivity (Wildman–Crippen MR) is 76.4 cm³/mol. The Hall–Kier alpha value is -2.32. The summed E-state index contributed by atoms with van der Waals surface area (Å²) in [4.78, 5) is 4.22. The van der Waals surface area contributed by atoms with Crippen molar-refractivity contribution in [1.82, 2.24) is 4.98 Å². The van der Waals surface area contributed by atoms with E-state index in [1.165, 1.54) is 0 Å². The maximum atomic E-state index is 9.10. The summed E-state index contributed by atoms with van der Waals surface area (Å²) in [5, 5.41) is 12.2. The lowest BCUT2D eigenvalue weighted by Gasteiger charge is -2.01. The molecule has 0 unspecified atom stereocenters. The quantitative estimate of drug-likeness (QED) is 0.818. The second-order valence-electron chi connectivity index (χ2n) is 4.45. The van der Waals surface area contributed by atoms with Crippen molar-refractivity contribution in [3.05, 3.63) is 35.5 Å². The lowest BCUT2D eigenvalue weighted by atomic mass is 10.1. The summed E-state index contributed by atoms with van der Waals surface area (Å²) in [6.07, 6.45) is 0.835. The number of aryl methyl sites for hydroxylation is 1. The molecule has 0 aliphatic heterocycles. The van der Waals surface area contributed by atoms with E-state index in [1.54, 1.807) is 7.11 Å². The molecule has 0 aliphatic carbocycles. The van der Waals surface area contributed by atoms with Crippen LogP contribution in [0.25, 0.3) is 11.5 Å². The maximum Gasteiger partial charge on any atom is 0.232 e. The molecular formula is C15H17N3O2. The molecule has 0 bridgehead atoms. The van der Waals surface area contributed by atoms with E-state index < -0.39 is 0 Å². The molecule has 1 aromatic carbocycles. The Morgan fingerprint density at radius 3 is 3.00 bits per heavy atom. The summed E-state index contributed by atoms with van der Waals surface area (Å²) in [6.45, 7) is 3.33. The van der Waals surface area contributed by atoms with Crippen molar-refractivity contribution >= 4 is 5.88 Å². The fourth-order valence-corrected chi connectivity index (χ4v) is 1.84. The highest BCUT2D eigenvalue weighted by molar-refractivity contribution is 5.59. The monoisotopic (exact) mass is 271 g/mol. The van der Waals surface area contributed by atoms with Crippen molar-refractivity contribution in [3.8, 4) is 17.5 Å². The van der Waals surface area contributed by atoms with Crippen LogP contribution in [0.2, 0.25) is 0 Å². The van der Waals surface area contributed by atoms with Gasteiger partial charge in [0, 0.05) is 25.8 Å². The number of methoxy groups -OCH3 is 1. The fourth-order valence-electron chi connectivity index (χ4n) is 1.84. The summed E-state index contributed by atoms with van der Waals surface area (Å²) in [5.74, 6) is 0.875. The molecule has 0 atom stereocenters. The van der Waals surface area contributed by atoms with Crippen LogP contribution in [0, 0.1) is 18.3 Å². The van der Waals surface area contributed by atoms with Gasteiger partial charge >= 0.3 is 0 Å². The zero-order valence-corrected chi connectivity index (χ0v) is 11.6. The van der Waals surface area contributed by atoms with E-state index in [4.69, 9.17) is 14.4 Å². The molecular weight excluding hydrogens is 254 g/mol. The number of aromatic nitrogens is 1. The van der Waals surface area contributed by atoms with E-state index in [0.29, 0.717) is 24.9 Å². The number of benzene rings is 1. The van der Waals surface area contributed by atoms with Gasteiger partial charge in [-0.2, -0.15) is 10.2 Å². The SMILES string of the molecule is COCCCNc1oc(-c2cccc(C)c2)nc1C#N. The number of nitriles is 1. The molecule has 0 radical (unpaired) electrons. The van der Waals surface area contributed by atoms with Gasteiger partial charge in [-0.05, 0) is 25.5 Å². The van der Waals surface area contributed by atoms with Crippen LogP contribution in [0.3, 0.4) is 0 Å². The zero-order chi connectivity index (χ0) is 14.4. The number of nitrogens with one attached hydrogen (secondary N) is 1. The highest BCUT2D eigenvalue weighted by Crippen LogP contribution is 2.25. The topological polar surface area (TPSA) is 71.1 Å². The minimum atomic E-state index is 0.277. The van der Waals surface area contributed by atoms with Crippen LogP contribution < -0.4 is 5.32 Å². The first-order valence-electron chi connectivity index (χ1n) is 6.45. The Balaban J connectivity index is 2.16. The average Bonchev–Trinajstić information content (AvgIpc) is 2.87. The second kappa shape index (κ2) is 6.73. The molecule has 0 fully saturated rings. The van der Waals surface area contributed by atoms with Crippen LogP contribution in [0.4, 0.5) is 5.88 Å². The average molecular weight is 271 g/mol. The van der Waals surface area contributed by atoms with Gasteiger partial charge in [0.05, 0.1) is 0 Å². The van der Waals surface area contributed by atoms with E-state index in [2.05, 4.69) is 10.3 Å².